The fourth-order valence-corrected chi connectivity index (χ4v) is 3.53. The zero-order valence-electron chi connectivity index (χ0n) is 14.1. The van der Waals surface area contributed by atoms with Crippen LogP contribution >= 0.6 is 11.8 Å². The minimum atomic E-state index is -3.53. The first kappa shape index (κ1) is 17.7. The van der Waals surface area contributed by atoms with E-state index in [1.807, 2.05) is 30.5 Å². The van der Waals surface area contributed by atoms with Gasteiger partial charge in [-0.3, -0.25) is 0 Å². The van der Waals surface area contributed by atoms with Crippen LogP contribution in [0.4, 0.5) is 0 Å². The Morgan fingerprint density at radius 2 is 1.88 bits per heavy atom. The third-order valence-corrected chi connectivity index (χ3v) is 6.23. The van der Waals surface area contributed by atoms with E-state index in [1.165, 1.54) is 36.0 Å². The lowest BCUT2D eigenvalue weighted by Crippen LogP contribution is -2.22. The highest BCUT2D eigenvalue weighted by atomic mass is 32.2. The fraction of sp³-hybridized carbons (Fsp3) is 0.250. The van der Waals surface area contributed by atoms with E-state index < -0.39 is 10.0 Å². The molecule has 0 unspecified atom stereocenters. The van der Waals surface area contributed by atoms with Gasteiger partial charge in [0.05, 0.1) is 4.90 Å². The molecule has 1 aromatic heterocycles. The minimum Gasteiger partial charge on any atom is -0.390 e. The highest BCUT2D eigenvalue weighted by molar-refractivity contribution is 7.98. The summed E-state index contributed by atoms with van der Waals surface area (Å²) in [6.07, 6.45) is 2.02. The van der Waals surface area contributed by atoms with Crippen molar-refractivity contribution in [3.63, 3.8) is 0 Å². The number of aromatic nitrogens is 3. The van der Waals surface area contributed by atoms with Gasteiger partial charge < -0.3 is 4.84 Å². The lowest BCUT2D eigenvalue weighted by atomic mass is 10.2. The Kier molecular flexibility index (Phi) is 4.98. The average Bonchev–Trinajstić information content (AvgIpc) is 3.02. The summed E-state index contributed by atoms with van der Waals surface area (Å²) in [5, 5.41) is 7.95. The molecule has 3 rings (SSSR count). The molecule has 132 valence electrons. The molecule has 0 N–H and O–H groups in total. The Balaban J connectivity index is 1.86. The lowest BCUT2D eigenvalue weighted by Gasteiger charge is -2.11. The summed E-state index contributed by atoms with van der Waals surface area (Å²) in [7, 11) is -0.551. The average molecular weight is 378 g/mol. The summed E-state index contributed by atoms with van der Waals surface area (Å²) in [6.45, 7) is 0.303. The van der Waals surface area contributed by atoms with Crippen LogP contribution in [0.3, 0.4) is 0 Å². The van der Waals surface area contributed by atoms with Crippen LogP contribution in [-0.4, -0.2) is 48.2 Å². The number of nitrogens with zero attached hydrogens (tertiary/aromatic N) is 4. The molecule has 0 amide bonds. The molecular weight excluding hydrogens is 360 g/mol. The van der Waals surface area contributed by atoms with Gasteiger partial charge in [0.1, 0.15) is 17.6 Å². The van der Waals surface area contributed by atoms with Crippen molar-refractivity contribution < 1.29 is 13.3 Å². The van der Waals surface area contributed by atoms with Crippen LogP contribution < -0.4 is 4.84 Å². The van der Waals surface area contributed by atoms with E-state index in [2.05, 4.69) is 10.3 Å². The predicted molar refractivity (Wildman–Crippen MR) is 96.9 cm³/mol. The number of thioether (sulfide) groups is 1. The van der Waals surface area contributed by atoms with Crippen molar-refractivity contribution in [3.05, 3.63) is 48.0 Å². The molecule has 25 heavy (non-hydrogen) atoms. The molecule has 3 aromatic rings. The van der Waals surface area contributed by atoms with Crippen LogP contribution in [0.2, 0.25) is 0 Å². The highest BCUT2D eigenvalue weighted by Crippen LogP contribution is 2.19. The summed E-state index contributed by atoms with van der Waals surface area (Å²) in [5.41, 5.74) is 2.05. The summed E-state index contributed by atoms with van der Waals surface area (Å²) >= 11 is 1.67. The third-order valence-electron chi connectivity index (χ3n) is 3.68. The van der Waals surface area contributed by atoms with Crippen molar-refractivity contribution in [1.29, 1.82) is 0 Å². The lowest BCUT2D eigenvalue weighted by molar-refractivity contribution is 0.0751. The number of fused-ring (bicyclic) bond motifs is 1. The van der Waals surface area contributed by atoms with Crippen molar-refractivity contribution in [2.75, 3.05) is 20.4 Å². The number of benzene rings is 2. The van der Waals surface area contributed by atoms with Crippen LogP contribution in [0.5, 0.6) is 0 Å². The van der Waals surface area contributed by atoms with Crippen molar-refractivity contribution in [2.45, 2.75) is 16.4 Å². The van der Waals surface area contributed by atoms with E-state index in [0.717, 1.165) is 9.87 Å². The Bertz CT molecular complexity index is 982. The van der Waals surface area contributed by atoms with Gasteiger partial charge in [0.2, 0.25) is 10.0 Å². The maximum Gasteiger partial charge on any atom is 0.242 e. The van der Waals surface area contributed by atoms with E-state index in [9.17, 15) is 8.42 Å². The monoisotopic (exact) mass is 378 g/mol. The highest BCUT2D eigenvalue weighted by Gasteiger charge is 2.19. The van der Waals surface area contributed by atoms with Gasteiger partial charge in [-0.25, -0.2) is 12.7 Å². The number of hydrogen-bond donors (Lipinski definition) is 0. The molecule has 7 nitrogen and oxygen atoms in total. The molecule has 0 aliphatic heterocycles. The SMILES string of the molecule is CSc1ccc(COn2nnc3ccc(S(=O)(=O)N(C)C)cc32)cc1. The van der Waals surface area contributed by atoms with Gasteiger partial charge in [-0.1, -0.05) is 17.0 Å². The third kappa shape index (κ3) is 3.63. The van der Waals surface area contributed by atoms with Crippen molar-refractivity contribution >= 4 is 32.8 Å². The van der Waals surface area contributed by atoms with Crippen LogP contribution in [0.15, 0.2) is 52.3 Å². The first-order valence-corrected chi connectivity index (χ1v) is 10.1. The van der Waals surface area contributed by atoms with E-state index in [4.69, 9.17) is 4.84 Å². The largest absolute Gasteiger partial charge is 0.390 e. The van der Waals surface area contributed by atoms with Gasteiger partial charge >= 0.3 is 0 Å². The Morgan fingerprint density at radius 1 is 1.16 bits per heavy atom. The maximum atomic E-state index is 12.3. The predicted octanol–water partition coefficient (Wildman–Crippen LogP) is 2.03. The molecule has 0 saturated heterocycles. The quantitative estimate of drug-likeness (QED) is 0.611. The smallest absolute Gasteiger partial charge is 0.242 e. The van der Waals surface area contributed by atoms with Crippen LogP contribution in [0.1, 0.15) is 5.56 Å². The van der Waals surface area contributed by atoms with Crippen molar-refractivity contribution in [1.82, 2.24) is 19.5 Å². The molecule has 0 atom stereocenters. The second-order valence-corrected chi connectivity index (χ2v) is 8.55. The molecule has 0 saturated carbocycles. The summed E-state index contributed by atoms with van der Waals surface area (Å²) in [5.74, 6) is 0. The zero-order chi connectivity index (χ0) is 18.0. The second-order valence-electron chi connectivity index (χ2n) is 5.52. The van der Waals surface area contributed by atoms with Crippen LogP contribution in [-0.2, 0) is 16.6 Å². The fourth-order valence-electron chi connectivity index (χ4n) is 2.20. The van der Waals surface area contributed by atoms with Crippen LogP contribution in [0.25, 0.3) is 11.0 Å². The van der Waals surface area contributed by atoms with E-state index in [-0.39, 0.29) is 4.90 Å². The zero-order valence-corrected chi connectivity index (χ0v) is 15.7. The molecule has 0 spiro atoms. The molecule has 0 bridgehead atoms. The molecule has 9 heteroatoms. The standard InChI is InChI=1S/C16H18N4O3S2/c1-19(2)25(21,22)14-8-9-15-16(10-14)20(18-17-15)23-11-12-4-6-13(24-3)7-5-12/h4-10H,11H2,1-3H3. The molecular formula is C16H18N4O3S2. The topological polar surface area (TPSA) is 77.3 Å². The minimum absolute atomic E-state index is 0.168. The van der Waals surface area contributed by atoms with Gasteiger partial charge in [-0.2, -0.15) is 0 Å². The summed E-state index contributed by atoms with van der Waals surface area (Å²) in [4.78, 5) is 8.27. The van der Waals surface area contributed by atoms with E-state index in [0.29, 0.717) is 17.6 Å². The molecule has 0 fully saturated rings. The van der Waals surface area contributed by atoms with Gasteiger partial charge in [-0.15, -0.1) is 16.9 Å². The van der Waals surface area contributed by atoms with E-state index >= 15 is 0 Å². The first-order valence-electron chi connectivity index (χ1n) is 7.46. The Hall–Kier alpha value is -2.10. The molecule has 0 radical (unpaired) electrons. The summed E-state index contributed by atoms with van der Waals surface area (Å²) in [6, 6.07) is 12.6. The van der Waals surface area contributed by atoms with Gasteiger partial charge in [0, 0.05) is 19.0 Å². The summed E-state index contributed by atoms with van der Waals surface area (Å²) < 4.78 is 25.7. The van der Waals surface area contributed by atoms with Crippen molar-refractivity contribution in [2.24, 2.45) is 0 Å². The van der Waals surface area contributed by atoms with Gasteiger partial charge in [0.25, 0.3) is 0 Å². The Morgan fingerprint density at radius 3 is 2.52 bits per heavy atom. The first-order chi connectivity index (χ1) is 11.9. The number of hydrogen-bond acceptors (Lipinski definition) is 6. The van der Waals surface area contributed by atoms with Crippen LogP contribution in [0, 0.1) is 0 Å². The van der Waals surface area contributed by atoms with E-state index in [1.54, 1.807) is 17.8 Å². The second kappa shape index (κ2) is 7.03. The molecule has 2 aromatic carbocycles. The number of sulfonamides is 1. The molecule has 0 aliphatic rings. The van der Waals surface area contributed by atoms with Gasteiger partial charge in [-0.05, 0) is 47.4 Å². The Labute approximate surface area is 150 Å². The normalized spacial score (nSPS) is 12.0. The molecule has 1 heterocycles. The maximum absolute atomic E-state index is 12.3. The van der Waals surface area contributed by atoms with Gasteiger partial charge in [0.15, 0.2) is 0 Å². The number of rotatable bonds is 6. The molecule has 0 aliphatic carbocycles. The van der Waals surface area contributed by atoms with Crippen molar-refractivity contribution in [3.8, 4) is 0 Å².